The summed E-state index contributed by atoms with van der Waals surface area (Å²) in [6.07, 6.45) is 2.15. The highest BCUT2D eigenvalue weighted by Gasteiger charge is 2.45. The Bertz CT molecular complexity index is 1430. The highest BCUT2D eigenvalue weighted by molar-refractivity contribution is 5.81. The number of fused-ring (bicyclic) bond motifs is 2. The summed E-state index contributed by atoms with van der Waals surface area (Å²) in [4.78, 5) is 23.0. The number of benzene rings is 1. The molecule has 5 N–H and O–H groups in total. The van der Waals surface area contributed by atoms with Crippen molar-refractivity contribution in [1.82, 2.24) is 34.4 Å². The van der Waals surface area contributed by atoms with Crippen molar-refractivity contribution in [2.45, 2.75) is 89.9 Å². The number of aliphatic hydroxyl groups is 2. The van der Waals surface area contributed by atoms with Crippen LogP contribution in [0, 0.1) is 0 Å². The van der Waals surface area contributed by atoms with Gasteiger partial charge in [0, 0.05) is 19.0 Å². The van der Waals surface area contributed by atoms with Crippen molar-refractivity contribution in [2.75, 3.05) is 18.8 Å². The van der Waals surface area contributed by atoms with Crippen molar-refractivity contribution in [1.29, 1.82) is 0 Å². The van der Waals surface area contributed by atoms with Crippen LogP contribution in [-0.2, 0) is 16.6 Å². The number of aliphatic hydroxyl groups excluding tert-OH is 2. The first kappa shape index (κ1) is 27.4. The molecule has 0 amide bonds. The van der Waals surface area contributed by atoms with Gasteiger partial charge in [0.1, 0.15) is 36.0 Å². The van der Waals surface area contributed by atoms with Crippen LogP contribution in [-0.4, -0.2) is 82.0 Å². The Morgan fingerprint density at radius 1 is 1.13 bits per heavy atom. The van der Waals surface area contributed by atoms with Gasteiger partial charge in [0.2, 0.25) is 0 Å². The summed E-state index contributed by atoms with van der Waals surface area (Å²) in [6, 6.07) is 6.71. The Labute approximate surface area is 228 Å². The van der Waals surface area contributed by atoms with Crippen molar-refractivity contribution in [2.24, 2.45) is 0 Å². The predicted octanol–water partition coefficient (Wildman–Crippen LogP) is 2.93. The molecule has 1 saturated heterocycles. The number of H-pyrrole nitrogens is 1. The lowest BCUT2D eigenvalue weighted by atomic mass is 9.87. The van der Waals surface area contributed by atoms with Crippen LogP contribution < -0.4 is 5.73 Å². The van der Waals surface area contributed by atoms with E-state index < -0.39 is 24.5 Å². The summed E-state index contributed by atoms with van der Waals surface area (Å²) in [5.41, 5.74) is 10.3. The second-order valence-corrected chi connectivity index (χ2v) is 11.8. The number of imidazole rings is 2. The van der Waals surface area contributed by atoms with Crippen molar-refractivity contribution in [3.63, 3.8) is 0 Å². The summed E-state index contributed by atoms with van der Waals surface area (Å²) in [6.45, 7) is 12.2. The minimum Gasteiger partial charge on any atom is -0.387 e. The number of aromatic nitrogens is 6. The third kappa shape index (κ3) is 5.62. The first-order valence-electron chi connectivity index (χ1n) is 13.7. The number of nitrogens with one attached hydrogen (secondary N) is 1. The minimum atomic E-state index is -1.12. The number of hydrogen-bond donors (Lipinski definition) is 4. The molecule has 210 valence electrons. The summed E-state index contributed by atoms with van der Waals surface area (Å²) in [5, 5.41) is 21.7. The molecule has 0 bridgehead atoms. The summed E-state index contributed by atoms with van der Waals surface area (Å²) in [5.74, 6) is 1.26. The molecule has 11 nitrogen and oxygen atoms in total. The van der Waals surface area contributed by atoms with Crippen molar-refractivity contribution < 1.29 is 14.9 Å². The smallest absolute Gasteiger partial charge is 0.167 e. The first-order chi connectivity index (χ1) is 18.5. The molecular formula is C28H40N8O3. The van der Waals surface area contributed by atoms with E-state index in [4.69, 9.17) is 15.5 Å². The molecule has 11 heteroatoms. The predicted molar refractivity (Wildman–Crippen MR) is 150 cm³/mol. The zero-order chi connectivity index (χ0) is 27.9. The maximum Gasteiger partial charge on any atom is 0.167 e. The van der Waals surface area contributed by atoms with E-state index in [0.29, 0.717) is 17.7 Å². The maximum absolute atomic E-state index is 10.8. The number of aryl methyl sites for hydroxylation is 1. The molecule has 4 heterocycles. The largest absolute Gasteiger partial charge is 0.387 e. The zero-order valence-corrected chi connectivity index (χ0v) is 23.4. The molecule has 0 radical (unpaired) electrons. The fourth-order valence-corrected chi connectivity index (χ4v) is 5.21. The molecule has 1 aromatic carbocycles. The standard InChI is InChI=1S/C28H40N8O3/c1-16(2)35(11-7-6-8-21-33-18-10-9-17(28(3,4)5)12-19(18)34-21)13-20-23(37)24(38)27(39-20)36-15-32-22-25(29)30-14-31-26(22)36/h9-10,12,14-16,20,23-24,27,37-38H,6-8,11,13H2,1-5H3,(H,33,34)(H2,29,30,31)/t20-,23?,24?,27-/m1/s1. The van der Waals surface area contributed by atoms with E-state index in [1.54, 1.807) is 4.57 Å². The number of anilines is 1. The molecule has 1 fully saturated rings. The molecule has 0 aliphatic carbocycles. The fraction of sp³-hybridized carbons (Fsp3) is 0.571. The lowest BCUT2D eigenvalue weighted by Crippen LogP contribution is -2.43. The number of nitrogen functional groups attached to an aromatic ring is 1. The number of ether oxygens (including phenoxy) is 1. The Hall–Kier alpha value is -3.12. The second-order valence-electron chi connectivity index (χ2n) is 11.8. The first-order valence-corrected chi connectivity index (χ1v) is 13.7. The Balaban J connectivity index is 1.18. The summed E-state index contributed by atoms with van der Waals surface area (Å²) in [7, 11) is 0. The van der Waals surface area contributed by atoms with E-state index in [-0.39, 0.29) is 17.3 Å². The van der Waals surface area contributed by atoms with Gasteiger partial charge >= 0.3 is 0 Å². The van der Waals surface area contributed by atoms with E-state index in [2.05, 4.69) is 77.7 Å². The monoisotopic (exact) mass is 536 g/mol. The van der Waals surface area contributed by atoms with Gasteiger partial charge in [0.05, 0.1) is 17.4 Å². The highest BCUT2D eigenvalue weighted by Crippen LogP contribution is 2.32. The number of hydrogen-bond acceptors (Lipinski definition) is 9. The Kier molecular flexibility index (Phi) is 7.60. The Morgan fingerprint density at radius 3 is 2.67 bits per heavy atom. The van der Waals surface area contributed by atoms with Crippen LogP contribution in [0.1, 0.15) is 65.1 Å². The third-order valence-electron chi connectivity index (χ3n) is 7.65. The number of nitrogens with zero attached hydrogens (tertiary/aromatic N) is 6. The van der Waals surface area contributed by atoms with Crippen LogP contribution in [0.15, 0.2) is 30.9 Å². The van der Waals surface area contributed by atoms with Gasteiger partial charge in [0.25, 0.3) is 0 Å². The molecule has 39 heavy (non-hydrogen) atoms. The van der Waals surface area contributed by atoms with Crippen LogP contribution in [0.2, 0.25) is 0 Å². The van der Waals surface area contributed by atoms with E-state index >= 15 is 0 Å². The average molecular weight is 537 g/mol. The van der Waals surface area contributed by atoms with Crippen LogP contribution in [0.25, 0.3) is 22.2 Å². The SMILES string of the molecule is CC(C)N(CCCCc1nc2ccc(C(C)(C)C)cc2[nH]1)C[C@H]1O[C@@H](n2cnc3c(N)ncnc32)C(O)C1O. The third-order valence-corrected chi connectivity index (χ3v) is 7.65. The van der Waals surface area contributed by atoms with Gasteiger partial charge in [-0.25, -0.2) is 19.9 Å². The van der Waals surface area contributed by atoms with Gasteiger partial charge in [-0.1, -0.05) is 26.8 Å². The van der Waals surface area contributed by atoms with Crippen LogP contribution in [0.3, 0.4) is 0 Å². The molecular weight excluding hydrogens is 496 g/mol. The number of nitrogens with two attached hydrogens (primary N) is 1. The topological polar surface area (TPSA) is 151 Å². The van der Waals surface area contributed by atoms with Gasteiger partial charge in [-0.15, -0.1) is 0 Å². The van der Waals surface area contributed by atoms with Crippen LogP contribution in [0.4, 0.5) is 5.82 Å². The van der Waals surface area contributed by atoms with E-state index in [0.717, 1.165) is 42.7 Å². The Morgan fingerprint density at radius 2 is 1.92 bits per heavy atom. The van der Waals surface area contributed by atoms with Crippen molar-refractivity contribution >= 4 is 28.0 Å². The molecule has 4 aromatic rings. The number of unbranched alkanes of at least 4 members (excludes halogenated alkanes) is 1. The van der Waals surface area contributed by atoms with Gasteiger partial charge < -0.3 is 25.7 Å². The molecule has 1 aliphatic heterocycles. The van der Waals surface area contributed by atoms with Crippen LogP contribution in [0.5, 0.6) is 0 Å². The lowest BCUT2D eigenvalue weighted by molar-refractivity contribution is -0.0469. The molecule has 5 rings (SSSR count). The van der Waals surface area contributed by atoms with Gasteiger partial charge in [-0.2, -0.15) is 0 Å². The fourth-order valence-electron chi connectivity index (χ4n) is 5.21. The second kappa shape index (κ2) is 10.8. The zero-order valence-electron chi connectivity index (χ0n) is 23.4. The van der Waals surface area contributed by atoms with E-state index in [9.17, 15) is 10.2 Å². The molecule has 0 spiro atoms. The average Bonchev–Trinajstić information content (AvgIpc) is 3.57. The maximum atomic E-state index is 10.8. The lowest BCUT2D eigenvalue weighted by Gasteiger charge is -2.30. The summed E-state index contributed by atoms with van der Waals surface area (Å²) >= 11 is 0. The van der Waals surface area contributed by atoms with Crippen LogP contribution >= 0.6 is 0 Å². The van der Waals surface area contributed by atoms with Gasteiger partial charge in [-0.05, 0) is 56.3 Å². The molecule has 4 atom stereocenters. The van der Waals surface area contributed by atoms with Gasteiger partial charge in [-0.3, -0.25) is 9.47 Å². The van der Waals surface area contributed by atoms with Crippen molar-refractivity contribution in [3.8, 4) is 0 Å². The minimum absolute atomic E-state index is 0.0986. The molecule has 2 unspecified atom stereocenters. The summed E-state index contributed by atoms with van der Waals surface area (Å²) < 4.78 is 7.78. The van der Waals surface area contributed by atoms with Gasteiger partial charge in [0.15, 0.2) is 17.7 Å². The quantitative estimate of drug-likeness (QED) is 0.237. The van der Waals surface area contributed by atoms with E-state index in [1.807, 2.05) is 0 Å². The van der Waals surface area contributed by atoms with E-state index in [1.165, 1.54) is 18.2 Å². The number of rotatable bonds is 9. The normalized spacial score (nSPS) is 22.2. The molecule has 3 aromatic heterocycles. The highest BCUT2D eigenvalue weighted by atomic mass is 16.6. The number of aromatic amines is 1. The van der Waals surface area contributed by atoms with Crippen molar-refractivity contribution in [3.05, 3.63) is 42.2 Å². The molecule has 1 aliphatic rings. The molecule has 0 saturated carbocycles.